The molecule has 0 aromatic carbocycles. The van der Waals surface area contributed by atoms with Gasteiger partial charge in [-0.3, -0.25) is 0 Å². The number of methoxy groups -OCH3 is 1. The Kier molecular flexibility index (Phi) is 3.57. The van der Waals surface area contributed by atoms with E-state index in [1.54, 1.807) is 6.07 Å². The molecule has 0 radical (unpaired) electrons. The third-order valence-electron chi connectivity index (χ3n) is 3.25. The number of ether oxygens (including phenoxy) is 2. The van der Waals surface area contributed by atoms with E-state index in [2.05, 4.69) is 20.1 Å². The van der Waals surface area contributed by atoms with E-state index in [9.17, 15) is 0 Å². The second kappa shape index (κ2) is 5.51. The minimum atomic E-state index is -0.0752. The molecule has 1 saturated heterocycles. The van der Waals surface area contributed by atoms with Crippen LogP contribution in [0.4, 0.5) is 0 Å². The van der Waals surface area contributed by atoms with Gasteiger partial charge in [-0.05, 0) is 6.42 Å². The SMILES string of the molecule is COc1cc(-c2noc(C3COCCC3N)n2)ncn1. The van der Waals surface area contributed by atoms with Crippen molar-refractivity contribution in [1.29, 1.82) is 0 Å². The molecule has 3 heterocycles. The van der Waals surface area contributed by atoms with Gasteiger partial charge in [-0.1, -0.05) is 5.16 Å². The van der Waals surface area contributed by atoms with Crippen LogP contribution >= 0.6 is 0 Å². The van der Waals surface area contributed by atoms with Crippen LogP contribution in [0.1, 0.15) is 18.2 Å². The summed E-state index contributed by atoms with van der Waals surface area (Å²) in [7, 11) is 1.53. The van der Waals surface area contributed by atoms with Gasteiger partial charge in [-0.2, -0.15) is 4.98 Å². The predicted molar refractivity (Wildman–Crippen MR) is 68.0 cm³/mol. The van der Waals surface area contributed by atoms with Gasteiger partial charge < -0.3 is 19.7 Å². The highest BCUT2D eigenvalue weighted by molar-refractivity contribution is 5.49. The monoisotopic (exact) mass is 277 g/mol. The maximum Gasteiger partial charge on any atom is 0.234 e. The van der Waals surface area contributed by atoms with Gasteiger partial charge in [0.15, 0.2) is 0 Å². The van der Waals surface area contributed by atoms with E-state index in [4.69, 9.17) is 19.7 Å². The molecule has 2 N–H and O–H groups in total. The minimum absolute atomic E-state index is 0.0306. The molecule has 1 aliphatic heterocycles. The first-order valence-electron chi connectivity index (χ1n) is 6.31. The lowest BCUT2D eigenvalue weighted by Gasteiger charge is -2.25. The van der Waals surface area contributed by atoms with Crippen molar-refractivity contribution < 1.29 is 14.0 Å². The van der Waals surface area contributed by atoms with Gasteiger partial charge in [0.25, 0.3) is 0 Å². The van der Waals surface area contributed by atoms with E-state index in [0.29, 0.717) is 36.5 Å². The number of hydrogen-bond donors (Lipinski definition) is 1. The van der Waals surface area contributed by atoms with Crippen molar-refractivity contribution >= 4 is 0 Å². The minimum Gasteiger partial charge on any atom is -0.481 e. The summed E-state index contributed by atoms with van der Waals surface area (Å²) in [6.45, 7) is 1.16. The molecule has 0 aliphatic carbocycles. The predicted octanol–water partition coefficient (Wildman–Crippen LogP) is 0.366. The van der Waals surface area contributed by atoms with Crippen LogP contribution in [0.2, 0.25) is 0 Å². The summed E-state index contributed by atoms with van der Waals surface area (Å²) in [5.74, 6) is 1.23. The highest BCUT2D eigenvalue weighted by atomic mass is 16.5. The van der Waals surface area contributed by atoms with Crippen molar-refractivity contribution in [2.24, 2.45) is 5.73 Å². The highest BCUT2D eigenvalue weighted by Gasteiger charge is 2.29. The third-order valence-corrected chi connectivity index (χ3v) is 3.25. The van der Waals surface area contributed by atoms with E-state index in [0.717, 1.165) is 6.42 Å². The summed E-state index contributed by atoms with van der Waals surface area (Å²) in [4.78, 5) is 12.4. The van der Waals surface area contributed by atoms with E-state index >= 15 is 0 Å². The summed E-state index contributed by atoms with van der Waals surface area (Å²) < 4.78 is 15.7. The molecule has 2 unspecified atom stereocenters. The Morgan fingerprint density at radius 1 is 1.40 bits per heavy atom. The maximum absolute atomic E-state index is 6.05. The third kappa shape index (κ3) is 2.47. The summed E-state index contributed by atoms with van der Waals surface area (Å²) in [6, 6.07) is 1.61. The van der Waals surface area contributed by atoms with Gasteiger partial charge in [0, 0.05) is 18.7 Å². The van der Waals surface area contributed by atoms with Crippen molar-refractivity contribution in [3.05, 3.63) is 18.3 Å². The molecule has 1 fully saturated rings. The van der Waals surface area contributed by atoms with E-state index in [-0.39, 0.29) is 12.0 Å². The van der Waals surface area contributed by atoms with E-state index < -0.39 is 0 Å². The van der Waals surface area contributed by atoms with Gasteiger partial charge in [0.05, 0.1) is 19.6 Å². The van der Waals surface area contributed by atoms with Crippen molar-refractivity contribution in [3.8, 4) is 17.4 Å². The van der Waals surface area contributed by atoms with Crippen LogP contribution < -0.4 is 10.5 Å². The van der Waals surface area contributed by atoms with Crippen LogP contribution in [0.25, 0.3) is 11.5 Å². The molecular formula is C12H15N5O3. The molecule has 2 aromatic heterocycles. The molecule has 2 atom stereocenters. The second-order valence-electron chi connectivity index (χ2n) is 4.54. The average molecular weight is 277 g/mol. The summed E-state index contributed by atoms with van der Waals surface area (Å²) in [6.07, 6.45) is 2.17. The Balaban J connectivity index is 1.85. The van der Waals surface area contributed by atoms with E-state index in [1.165, 1.54) is 13.4 Å². The topological polar surface area (TPSA) is 109 Å². The zero-order chi connectivity index (χ0) is 13.9. The molecule has 0 bridgehead atoms. The Labute approximate surface area is 115 Å². The van der Waals surface area contributed by atoms with Crippen molar-refractivity contribution in [1.82, 2.24) is 20.1 Å². The molecule has 3 rings (SSSR count). The first-order chi connectivity index (χ1) is 9.78. The van der Waals surface area contributed by atoms with Crippen LogP contribution in [0.3, 0.4) is 0 Å². The molecule has 1 aliphatic rings. The summed E-state index contributed by atoms with van der Waals surface area (Å²) in [5.41, 5.74) is 6.59. The first-order valence-corrected chi connectivity index (χ1v) is 6.31. The Hall–Kier alpha value is -2.06. The van der Waals surface area contributed by atoms with Crippen molar-refractivity contribution in [2.75, 3.05) is 20.3 Å². The standard InChI is InChI=1S/C12H15N5O3/c1-18-10-4-9(14-6-15-10)11-16-12(20-17-11)7-5-19-3-2-8(7)13/h4,6-8H,2-3,5,13H2,1H3. The first kappa shape index (κ1) is 12.9. The Bertz CT molecular complexity index is 588. The molecule has 0 amide bonds. The van der Waals surface area contributed by atoms with Gasteiger partial charge in [-0.25, -0.2) is 9.97 Å². The summed E-state index contributed by atoms with van der Waals surface area (Å²) >= 11 is 0. The zero-order valence-electron chi connectivity index (χ0n) is 11.0. The lowest BCUT2D eigenvalue weighted by atomic mass is 9.97. The van der Waals surface area contributed by atoms with Crippen LogP contribution in [0.5, 0.6) is 5.88 Å². The van der Waals surface area contributed by atoms with Crippen LogP contribution in [-0.4, -0.2) is 46.5 Å². The Morgan fingerprint density at radius 2 is 2.30 bits per heavy atom. The summed E-state index contributed by atoms with van der Waals surface area (Å²) in [5, 5.41) is 3.93. The second-order valence-corrected chi connectivity index (χ2v) is 4.54. The molecule has 8 heteroatoms. The lowest BCUT2D eigenvalue weighted by molar-refractivity contribution is 0.0590. The molecule has 106 valence electrons. The van der Waals surface area contributed by atoms with Gasteiger partial charge in [0.1, 0.15) is 12.0 Å². The van der Waals surface area contributed by atoms with Gasteiger partial charge >= 0.3 is 0 Å². The molecule has 8 nitrogen and oxygen atoms in total. The fraction of sp³-hybridized carbons (Fsp3) is 0.500. The van der Waals surface area contributed by atoms with E-state index in [1.807, 2.05) is 0 Å². The Morgan fingerprint density at radius 3 is 3.10 bits per heavy atom. The van der Waals surface area contributed by atoms with Crippen LogP contribution in [0, 0.1) is 0 Å². The molecule has 0 saturated carbocycles. The quantitative estimate of drug-likeness (QED) is 0.856. The molecular weight excluding hydrogens is 262 g/mol. The fourth-order valence-electron chi connectivity index (χ4n) is 2.07. The highest BCUT2D eigenvalue weighted by Crippen LogP contribution is 2.25. The van der Waals surface area contributed by atoms with Crippen molar-refractivity contribution in [3.63, 3.8) is 0 Å². The number of nitrogens with zero attached hydrogens (tertiary/aromatic N) is 4. The smallest absolute Gasteiger partial charge is 0.234 e. The van der Waals surface area contributed by atoms with Gasteiger partial charge in [0.2, 0.25) is 17.6 Å². The number of rotatable bonds is 3. The number of aromatic nitrogens is 4. The molecule has 2 aromatic rings. The van der Waals surface area contributed by atoms with Crippen molar-refractivity contribution in [2.45, 2.75) is 18.4 Å². The van der Waals surface area contributed by atoms with Crippen LogP contribution in [0.15, 0.2) is 16.9 Å². The largest absolute Gasteiger partial charge is 0.481 e. The fourth-order valence-corrected chi connectivity index (χ4v) is 2.07. The maximum atomic E-state index is 6.05. The molecule has 0 spiro atoms. The number of hydrogen-bond acceptors (Lipinski definition) is 8. The van der Waals surface area contributed by atoms with Crippen LogP contribution in [-0.2, 0) is 4.74 Å². The van der Waals surface area contributed by atoms with Gasteiger partial charge in [-0.15, -0.1) is 0 Å². The zero-order valence-corrected chi connectivity index (χ0v) is 11.0. The average Bonchev–Trinajstić information content (AvgIpc) is 2.97. The lowest BCUT2D eigenvalue weighted by Crippen LogP contribution is -2.37. The normalized spacial score (nSPS) is 22.7. The molecule has 20 heavy (non-hydrogen) atoms. The number of nitrogens with two attached hydrogens (primary N) is 1.